The van der Waals surface area contributed by atoms with Crippen molar-refractivity contribution in [3.8, 4) is 23.3 Å². The van der Waals surface area contributed by atoms with E-state index in [2.05, 4.69) is 6.07 Å². The minimum Gasteiger partial charge on any atom is -0.497 e. The second-order valence-electron chi connectivity index (χ2n) is 8.59. The van der Waals surface area contributed by atoms with Gasteiger partial charge in [-0.15, -0.1) is 0 Å². The second-order valence-corrected chi connectivity index (χ2v) is 8.59. The molecular weight excluding hydrogens is 426 g/mol. The van der Waals surface area contributed by atoms with Gasteiger partial charge in [-0.1, -0.05) is 18.2 Å². The lowest BCUT2D eigenvalue weighted by molar-refractivity contribution is 0.303. The molecule has 4 rings (SSSR count). The zero-order chi connectivity index (χ0) is 24.6. The zero-order valence-corrected chi connectivity index (χ0v) is 20.4. The topological polar surface area (TPSA) is 89.3 Å². The molecule has 7 heteroatoms. The summed E-state index contributed by atoms with van der Waals surface area (Å²) in [5.41, 5.74) is 12.5. The first-order valence-corrected chi connectivity index (χ1v) is 11.0. The molecule has 2 heterocycles. The van der Waals surface area contributed by atoms with Crippen molar-refractivity contribution in [2.75, 3.05) is 31.8 Å². The largest absolute Gasteiger partial charge is 0.497 e. The highest BCUT2D eigenvalue weighted by Gasteiger charge is 2.23. The first-order chi connectivity index (χ1) is 16.3. The van der Waals surface area contributed by atoms with E-state index in [4.69, 9.17) is 20.2 Å². The Hall–Kier alpha value is -4.18. The van der Waals surface area contributed by atoms with Gasteiger partial charge in [-0.2, -0.15) is 5.26 Å². The number of ether oxygens (including phenoxy) is 2. The van der Waals surface area contributed by atoms with Crippen molar-refractivity contribution in [3.05, 3.63) is 70.3 Å². The molecule has 0 bridgehead atoms. The van der Waals surface area contributed by atoms with Crippen LogP contribution in [0.5, 0.6) is 11.5 Å². The first-order valence-electron chi connectivity index (χ1n) is 11.0. The summed E-state index contributed by atoms with van der Waals surface area (Å²) in [6.45, 7) is 6.43. The van der Waals surface area contributed by atoms with Crippen LogP contribution in [0.3, 0.4) is 0 Å². The molecule has 0 fully saturated rings. The molecule has 0 amide bonds. The molecule has 0 aliphatic carbocycles. The fraction of sp³-hybridized carbons (Fsp3) is 0.259. The number of methoxy groups -OCH3 is 1. The predicted octanol–water partition coefficient (Wildman–Crippen LogP) is 5.06. The quantitative estimate of drug-likeness (QED) is 0.437. The Morgan fingerprint density at radius 3 is 2.38 bits per heavy atom. The lowest BCUT2D eigenvalue weighted by Crippen LogP contribution is -2.13. The molecule has 0 saturated carbocycles. The van der Waals surface area contributed by atoms with Gasteiger partial charge >= 0.3 is 0 Å². The monoisotopic (exact) mass is 455 g/mol. The van der Waals surface area contributed by atoms with Crippen LogP contribution in [0.4, 0.5) is 11.6 Å². The van der Waals surface area contributed by atoms with Gasteiger partial charge in [0.05, 0.1) is 12.8 Å². The molecule has 174 valence electrons. The van der Waals surface area contributed by atoms with Crippen LogP contribution in [0.15, 0.2) is 42.5 Å². The van der Waals surface area contributed by atoms with Gasteiger partial charge in [0.15, 0.2) is 0 Å². The summed E-state index contributed by atoms with van der Waals surface area (Å²) in [5, 5.41) is 10.6. The Labute approximate surface area is 200 Å². The highest BCUT2D eigenvalue weighted by Crippen LogP contribution is 2.37. The van der Waals surface area contributed by atoms with Gasteiger partial charge in [-0.05, 0) is 61.7 Å². The molecule has 2 aromatic carbocycles. The van der Waals surface area contributed by atoms with Crippen LogP contribution in [0.1, 0.15) is 27.8 Å². The predicted molar refractivity (Wildman–Crippen MR) is 136 cm³/mol. The Kier molecular flexibility index (Phi) is 6.08. The van der Waals surface area contributed by atoms with E-state index in [9.17, 15) is 5.26 Å². The summed E-state index contributed by atoms with van der Waals surface area (Å²) in [6.07, 6.45) is 0. The van der Waals surface area contributed by atoms with Crippen molar-refractivity contribution in [1.29, 1.82) is 5.26 Å². The molecule has 7 nitrogen and oxygen atoms in total. The highest BCUT2D eigenvalue weighted by molar-refractivity contribution is 5.93. The Morgan fingerprint density at radius 1 is 1.06 bits per heavy atom. The van der Waals surface area contributed by atoms with Gasteiger partial charge in [0.25, 0.3) is 0 Å². The van der Waals surface area contributed by atoms with Crippen molar-refractivity contribution in [1.82, 2.24) is 9.55 Å². The van der Waals surface area contributed by atoms with Gasteiger partial charge in [-0.3, -0.25) is 4.57 Å². The lowest BCUT2D eigenvalue weighted by atomic mass is 10.1. The average molecular weight is 456 g/mol. The third-order valence-electron chi connectivity index (χ3n) is 6.04. The molecule has 0 aliphatic rings. The molecule has 0 atom stereocenters. The number of anilines is 2. The summed E-state index contributed by atoms with van der Waals surface area (Å²) in [7, 11) is 5.55. The summed E-state index contributed by atoms with van der Waals surface area (Å²) in [4.78, 5) is 6.87. The first kappa shape index (κ1) is 23.0. The number of hydrogen-bond acceptors (Lipinski definition) is 6. The number of rotatable bonds is 6. The SMILES string of the molecule is COc1ccc(COc2ccc(C)c(-n3c(N)c(C#N)c4cc(C)c(N(C)C)nc43)c2C)cc1. The average Bonchev–Trinajstić information content (AvgIpc) is 3.08. The number of aromatic nitrogens is 2. The number of pyridine rings is 1. The Bertz CT molecular complexity index is 1410. The number of nitriles is 1. The van der Waals surface area contributed by atoms with Gasteiger partial charge in [-0.25, -0.2) is 4.98 Å². The number of fused-ring (bicyclic) bond motifs is 1. The van der Waals surface area contributed by atoms with Crippen LogP contribution in [-0.2, 0) is 6.61 Å². The van der Waals surface area contributed by atoms with Gasteiger partial charge in [0.1, 0.15) is 47.0 Å². The van der Waals surface area contributed by atoms with Crippen LogP contribution in [-0.4, -0.2) is 30.8 Å². The van der Waals surface area contributed by atoms with E-state index in [-0.39, 0.29) is 0 Å². The molecule has 0 saturated heterocycles. The van der Waals surface area contributed by atoms with Crippen molar-refractivity contribution < 1.29 is 9.47 Å². The van der Waals surface area contributed by atoms with E-state index in [1.165, 1.54) is 0 Å². The highest BCUT2D eigenvalue weighted by atomic mass is 16.5. The van der Waals surface area contributed by atoms with Crippen LogP contribution >= 0.6 is 0 Å². The minimum atomic E-state index is 0.374. The fourth-order valence-electron chi connectivity index (χ4n) is 4.31. The number of aryl methyl sites for hydroxylation is 2. The minimum absolute atomic E-state index is 0.374. The molecular formula is C27H29N5O2. The van der Waals surface area contributed by atoms with Crippen LogP contribution in [0, 0.1) is 32.1 Å². The summed E-state index contributed by atoms with van der Waals surface area (Å²) in [5.74, 6) is 2.76. The van der Waals surface area contributed by atoms with E-state index in [0.717, 1.165) is 50.6 Å². The number of nitrogens with zero attached hydrogens (tertiary/aromatic N) is 4. The van der Waals surface area contributed by atoms with Crippen molar-refractivity contribution in [3.63, 3.8) is 0 Å². The third kappa shape index (κ3) is 3.88. The lowest BCUT2D eigenvalue weighted by Gasteiger charge is -2.19. The van der Waals surface area contributed by atoms with Crippen LogP contribution < -0.4 is 20.1 Å². The molecule has 0 aliphatic heterocycles. The van der Waals surface area contributed by atoms with E-state index < -0.39 is 0 Å². The van der Waals surface area contributed by atoms with E-state index in [1.807, 2.05) is 86.8 Å². The van der Waals surface area contributed by atoms with Gasteiger partial charge in [0.2, 0.25) is 0 Å². The third-order valence-corrected chi connectivity index (χ3v) is 6.04. The summed E-state index contributed by atoms with van der Waals surface area (Å²) >= 11 is 0. The molecule has 34 heavy (non-hydrogen) atoms. The normalized spacial score (nSPS) is 10.9. The van der Waals surface area contributed by atoms with Crippen molar-refractivity contribution in [2.45, 2.75) is 27.4 Å². The molecule has 0 unspecified atom stereocenters. The summed E-state index contributed by atoms with van der Waals surface area (Å²) in [6, 6.07) is 16.0. The maximum Gasteiger partial charge on any atom is 0.150 e. The number of nitrogens with two attached hydrogens (primary N) is 1. The van der Waals surface area contributed by atoms with Gasteiger partial charge in [0, 0.05) is 25.0 Å². The van der Waals surface area contributed by atoms with E-state index in [0.29, 0.717) is 23.6 Å². The Morgan fingerprint density at radius 2 is 1.76 bits per heavy atom. The van der Waals surface area contributed by atoms with E-state index >= 15 is 0 Å². The maximum atomic E-state index is 9.87. The van der Waals surface area contributed by atoms with Crippen LogP contribution in [0.25, 0.3) is 16.7 Å². The molecule has 0 spiro atoms. The molecule has 4 aromatic rings. The maximum absolute atomic E-state index is 9.87. The molecule has 0 radical (unpaired) electrons. The summed E-state index contributed by atoms with van der Waals surface area (Å²) < 4.78 is 13.3. The Balaban J connectivity index is 1.84. The zero-order valence-electron chi connectivity index (χ0n) is 20.4. The standard InChI is InChI=1S/C27H29N5O2/c1-16-7-12-23(34-15-19-8-10-20(33-6)11-9-19)18(3)24(16)32-25(29)22(14-28)21-13-17(2)26(31(4)5)30-27(21)32/h7-13H,15,29H2,1-6H3. The molecule has 2 N–H and O–H groups in total. The fourth-order valence-corrected chi connectivity index (χ4v) is 4.31. The van der Waals surface area contributed by atoms with Crippen LogP contribution in [0.2, 0.25) is 0 Å². The smallest absolute Gasteiger partial charge is 0.150 e. The van der Waals surface area contributed by atoms with Gasteiger partial charge < -0.3 is 20.1 Å². The number of benzene rings is 2. The van der Waals surface area contributed by atoms with E-state index in [1.54, 1.807) is 7.11 Å². The number of nitrogen functional groups attached to an aromatic ring is 1. The second kappa shape index (κ2) is 8.99. The van der Waals surface area contributed by atoms with Crippen molar-refractivity contribution in [2.24, 2.45) is 0 Å². The number of hydrogen-bond donors (Lipinski definition) is 1. The molecule has 2 aromatic heterocycles. The van der Waals surface area contributed by atoms with Crippen molar-refractivity contribution >= 4 is 22.7 Å².